The van der Waals surface area contributed by atoms with Crippen LogP contribution >= 0.6 is 0 Å². The number of hydrogen-bond donors (Lipinski definition) is 0. The zero-order chi connectivity index (χ0) is 14.4. The summed E-state index contributed by atoms with van der Waals surface area (Å²) < 4.78 is 4.55. The van der Waals surface area contributed by atoms with Crippen LogP contribution in [0.25, 0.3) is 0 Å². The maximum atomic E-state index is 12.0. The number of nitrogens with zero attached hydrogens (tertiary/aromatic N) is 2. The van der Waals surface area contributed by atoms with Crippen molar-refractivity contribution in [2.24, 2.45) is 11.8 Å². The molecule has 5 nitrogen and oxygen atoms in total. The molecule has 0 heterocycles. The van der Waals surface area contributed by atoms with Crippen LogP contribution in [0.15, 0.2) is 24.3 Å². The van der Waals surface area contributed by atoms with Crippen molar-refractivity contribution in [2.45, 2.75) is 6.92 Å². The Bertz CT molecular complexity index is 550. The van der Waals surface area contributed by atoms with Gasteiger partial charge in [0.25, 0.3) is 0 Å². The van der Waals surface area contributed by atoms with Crippen molar-refractivity contribution in [1.29, 1.82) is 10.5 Å². The summed E-state index contributed by atoms with van der Waals surface area (Å²) >= 11 is 0. The lowest BCUT2D eigenvalue weighted by atomic mass is 9.89. The Hall–Kier alpha value is -2.66. The lowest BCUT2D eigenvalue weighted by molar-refractivity contribution is 0.0600. The first-order valence-electron chi connectivity index (χ1n) is 5.57. The van der Waals surface area contributed by atoms with Crippen LogP contribution in [0.2, 0.25) is 0 Å². The van der Waals surface area contributed by atoms with Gasteiger partial charge in [0.1, 0.15) is 5.92 Å². The molecule has 0 aliphatic heterocycles. The fourth-order valence-corrected chi connectivity index (χ4v) is 1.56. The Morgan fingerprint density at radius 1 is 1.11 bits per heavy atom. The van der Waals surface area contributed by atoms with E-state index in [1.165, 1.54) is 38.3 Å². The van der Waals surface area contributed by atoms with Gasteiger partial charge in [-0.2, -0.15) is 10.5 Å². The van der Waals surface area contributed by atoms with Gasteiger partial charge in [-0.3, -0.25) is 4.79 Å². The van der Waals surface area contributed by atoms with Crippen molar-refractivity contribution >= 4 is 11.8 Å². The number of carbonyl (C=O) groups is 2. The van der Waals surface area contributed by atoms with E-state index in [1.807, 2.05) is 0 Å². The van der Waals surface area contributed by atoms with Gasteiger partial charge in [0.05, 0.1) is 24.8 Å². The molecule has 0 bridgehead atoms. The predicted octanol–water partition coefficient (Wildman–Crippen LogP) is 1.96. The second-order valence-electron chi connectivity index (χ2n) is 3.96. The SMILES string of the molecule is COC(=O)c1ccc(C(=O)C(C)C(C#N)C#N)cc1. The molecule has 1 rings (SSSR count). The van der Waals surface area contributed by atoms with E-state index in [-0.39, 0.29) is 5.78 Å². The Morgan fingerprint density at radius 3 is 2.00 bits per heavy atom. The third kappa shape index (κ3) is 3.17. The van der Waals surface area contributed by atoms with Crippen molar-refractivity contribution in [3.05, 3.63) is 35.4 Å². The van der Waals surface area contributed by atoms with Gasteiger partial charge in [0.15, 0.2) is 5.78 Å². The summed E-state index contributed by atoms with van der Waals surface area (Å²) in [5, 5.41) is 17.5. The lowest BCUT2D eigenvalue weighted by Gasteiger charge is -2.10. The largest absolute Gasteiger partial charge is 0.465 e. The highest BCUT2D eigenvalue weighted by atomic mass is 16.5. The summed E-state index contributed by atoms with van der Waals surface area (Å²) in [6, 6.07) is 9.48. The monoisotopic (exact) mass is 256 g/mol. The molecule has 1 aromatic rings. The minimum atomic E-state index is -0.979. The summed E-state index contributed by atoms with van der Waals surface area (Å²) in [5.74, 6) is -2.48. The molecule has 0 aliphatic rings. The van der Waals surface area contributed by atoms with Crippen molar-refractivity contribution in [3.63, 3.8) is 0 Å². The summed E-state index contributed by atoms with van der Waals surface area (Å²) in [4.78, 5) is 23.3. The van der Waals surface area contributed by atoms with Gasteiger partial charge >= 0.3 is 5.97 Å². The smallest absolute Gasteiger partial charge is 0.337 e. The molecule has 0 N–H and O–H groups in total. The number of esters is 1. The first kappa shape index (κ1) is 14.4. The van der Waals surface area contributed by atoms with Crippen LogP contribution in [0.3, 0.4) is 0 Å². The molecular formula is C14H12N2O3. The highest BCUT2D eigenvalue weighted by Crippen LogP contribution is 2.17. The van der Waals surface area contributed by atoms with Crippen LogP contribution in [-0.4, -0.2) is 18.9 Å². The number of hydrogen-bond acceptors (Lipinski definition) is 5. The molecule has 0 fully saturated rings. The second-order valence-corrected chi connectivity index (χ2v) is 3.96. The van der Waals surface area contributed by atoms with Crippen LogP contribution in [0.4, 0.5) is 0 Å². The molecule has 19 heavy (non-hydrogen) atoms. The zero-order valence-electron chi connectivity index (χ0n) is 10.6. The van der Waals surface area contributed by atoms with E-state index in [0.29, 0.717) is 11.1 Å². The highest BCUT2D eigenvalue weighted by Gasteiger charge is 2.24. The highest BCUT2D eigenvalue weighted by molar-refractivity contribution is 5.99. The molecule has 0 spiro atoms. The molecule has 0 aliphatic carbocycles. The van der Waals surface area contributed by atoms with E-state index in [4.69, 9.17) is 10.5 Å². The topological polar surface area (TPSA) is 90.9 Å². The maximum Gasteiger partial charge on any atom is 0.337 e. The molecule has 0 saturated heterocycles. The third-order valence-corrected chi connectivity index (χ3v) is 2.78. The molecule has 0 saturated carbocycles. The van der Waals surface area contributed by atoms with Crippen molar-refractivity contribution in [1.82, 2.24) is 0 Å². The van der Waals surface area contributed by atoms with Crippen LogP contribution in [0.1, 0.15) is 27.6 Å². The number of rotatable bonds is 4. The first-order chi connectivity index (χ1) is 9.04. The number of nitriles is 2. The summed E-state index contributed by atoms with van der Waals surface area (Å²) in [6.07, 6.45) is 0. The molecule has 0 amide bonds. The number of Topliss-reactive ketones (excluding diaryl/α,β-unsaturated/α-hetero) is 1. The minimum Gasteiger partial charge on any atom is -0.465 e. The van der Waals surface area contributed by atoms with E-state index >= 15 is 0 Å². The van der Waals surface area contributed by atoms with Gasteiger partial charge in [-0.25, -0.2) is 4.79 Å². The van der Waals surface area contributed by atoms with Crippen molar-refractivity contribution in [3.8, 4) is 12.1 Å². The van der Waals surface area contributed by atoms with Gasteiger partial charge in [-0.1, -0.05) is 19.1 Å². The van der Waals surface area contributed by atoms with Crippen LogP contribution < -0.4 is 0 Å². The second kappa shape index (κ2) is 6.32. The van der Waals surface area contributed by atoms with E-state index in [1.54, 1.807) is 12.1 Å². The van der Waals surface area contributed by atoms with Gasteiger partial charge in [-0.05, 0) is 12.1 Å². The quantitative estimate of drug-likeness (QED) is 0.606. The number of methoxy groups -OCH3 is 1. The minimum absolute atomic E-state index is 0.301. The number of ketones is 1. The Kier molecular flexibility index (Phi) is 4.79. The maximum absolute atomic E-state index is 12.0. The van der Waals surface area contributed by atoms with Crippen molar-refractivity contribution < 1.29 is 14.3 Å². The molecular weight excluding hydrogens is 244 g/mol. The van der Waals surface area contributed by atoms with Gasteiger partial charge in [0.2, 0.25) is 0 Å². The Balaban J connectivity index is 2.94. The molecule has 5 heteroatoms. The zero-order valence-corrected chi connectivity index (χ0v) is 10.6. The molecule has 0 radical (unpaired) electrons. The standard InChI is InChI=1S/C14H12N2O3/c1-9(12(7-15)8-16)13(17)10-3-5-11(6-4-10)14(18)19-2/h3-6,9,12H,1-2H3. The normalized spacial score (nSPS) is 11.2. The molecule has 1 aromatic carbocycles. The fourth-order valence-electron chi connectivity index (χ4n) is 1.56. The summed E-state index contributed by atoms with van der Waals surface area (Å²) in [5.41, 5.74) is 0.694. The molecule has 1 unspecified atom stereocenters. The first-order valence-corrected chi connectivity index (χ1v) is 5.57. The average Bonchev–Trinajstić information content (AvgIpc) is 2.47. The number of ether oxygens (including phenoxy) is 1. The molecule has 1 atom stereocenters. The van der Waals surface area contributed by atoms with Crippen molar-refractivity contribution in [2.75, 3.05) is 7.11 Å². The average molecular weight is 256 g/mol. The molecule has 96 valence electrons. The number of benzene rings is 1. The van der Waals surface area contributed by atoms with Gasteiger partial charge in [0, 0.05) is 11.5 Å². The van der Waals surface area contributed by atoms with E-state index in [9.17, 15) is 9.59 Å². The summed E-state index contributed by atoms with van der Waals surface area (Å²) in [6.45, 7) is 1.54. The van der Waals surface area contributed by atoms with E-state index in [2.05, 4.69) is 4.74 Å². The summed E-state index contributed by atoms with van der Waals surface area (Å²) in [7, 11) is 1.27. The predicted molar refractivity (Wildman–Crippen MR) is 66.0 cm³/mol. The van der Waals surface area contributed by atoms with Gasteiger partial charge < -0.3 is 4.74 Å². The number of carbonyl (C=O) groups excluding carboxylic acids is 2. The van der Waals surface area contributed by atoms with Crippen LogP contribution in [0, 0.1) is 34.5 Å². The third-order valence-electron chi connectivity index (χ3n) is 2.78. The van der Waals surface area contributed by atoms with Crippen LogP contribution in [0.5, 0.6) is 0 Å². The Morgan fingerprint density at radius 2 is 1.58 bits per heavy atom. The van der Waals surface area contributed by atoms with E-state index < -0.39 is 17.8 Å². The molecule has 0 aromatic heterocycles. The van der Waals surface area contributed by atoms with Gasteiger partial charge in [-0.15, -0.1) is 0 Å². The Labute approximate surface area is 111 Å². The van der Waals surface area contributed by atoms with Crippen LogP contribution in [-0.2, 0) is 4.74 Å². The van der Waals surface area contributed by atoms with E-state index in [0.717, 1.165) is 0 Å². The lowest BCUT2D eigenvalue weighted by Crippen LogP contribution is -2.19. The fraction of sp³-hybridized carbons (Fsp3) is 0.286.